The molecule has 0 spiro atoms. The van der Waals surface area contributed by atoms with E-state index < -0.39 is 5.97 Å². The summed E-state index contributed by atoms with van der Waals surface area (Å²) in [5, 5.41) is 0. The summed E-state index contributed by atoms with van der Waals surface area (Å²) in [5.74, 6) is 0.0262. The maximum absolute atomic E-state index is 12.1. The van der Waals surface area contributed by atoms with Crippen LogP contribution in [0.2, 0.25) is 0 Å². The molecule has 0 saturated carbocycles. The van der Waals surface area contributed by atoms with Gasteiger partial charge in [0.2, 0.25) is 0 Å². The molecule has 0 radical (unpaired) electrons. The average molecular weight is 357 g/mol. The van der Waals surface area contributed by atoms with Gasteiger partial charge in [-0.25, -0.2) is 9.69 Å². The van der Waals surface area contributed by atoms with Crippen LogP contribution in [0.5, 0.6) is 0 Å². The fourth-order valence-electron chi connectivity index (χ4n) is 3.20. The standard InChI is InChI=1S/C20H23NO5/c1-13(2)16-12-26-17(16)4-3-11-25-20(24)14-5-7-15(8-6-14)21-18(22)9-10-19(21)23/h5-10,13,16-17H,3-4,11-12H2,1-2H3. The van der Waals surface area contributed by atoms with Gasteiger partial charge in [-0.2, -0.15) is 0 Å². The molecule has 1 aromatic carbocycles. The second-order valence-corrected chi connectivity index (χ2v) is 6.95. The van der Waals surface area contributed by atoms with E-state index in [0.29, 0.717) is 29.7 Å². The summed E-state index contributed by atoms with van der Waals surface area (Å²) in [4.78, 5) is 36.4. The third kappa shape index (κ3) is 3.85. The lowest BCUT2D eigenvalue weighted by molar-refractivity contribution is -0.136. The Balaban J connectivity index is 1.45. The van der Waals surface area contributed by atoms with Crippen LogP contribution in [-0.4, -0.2) is 37.1 Å². The third-order valence-electron chi connectivity index (χ3n) is 4.87. The van der Waals surface area contributed by atoms with E-state index in [9.17, 15) is 14.4 Å². The van der Waals surface area contributed by atoms with Gasteiger partial charge in [0.15, 0.2) is 0 Å². The minimum Gasteiger partial charge on any atom is -0.462 e. The molecule has 2 aliphatic rings. The first-order valence-corrected chi connectivity index (χ1v) is 8.92. The molecule has 2 amide bonds. The van der Waals surface area contributed by atoms with E-state index in [1.165, 1.54) is 12.2 Å². The summed E-state index contributed by atoms with van der Waals surface area (Å²) in [7, 11) is 0. The highest BCUT2D eigenvalue weighted by atomic mass is 16.5. The molecule has 1 fully saturated rings. The Labute approximate surface area is 152 Å². The first-order valence-electron chi connectivity index (χ1n) is 8.92. The van der Waals surface area contributed by atoms with Crippen molar-refractivity contribution in [3.63, 3.8) is 0 Å². The van der Waals surface area contributed by atoms with E-state index in [2.05, 4.69) is 13.8 Å². The van der Waals surface area contributed by atoms with Crippen molar-refractivity contribution in [2.75, 3.05) is 18.1 Å². The summed E-state index contributed by atoms with van der Waals surface area (Å²) in [6.07, 6.45) is 4.37. The number of imide groups is 1. The third-order valence-corrected chi connectivity index (χ3v) is 4.87. The number of carbonyl (C=O) groups is 3. The molecule has 1 saturated heterocycles. The van der Waals surface area contributed by atoms with Gasteiger partial charge in [-0.15, -0.1) is 0 Å². The Hall–Kier alpha value is -2.47. The highest BCUT2D eigenvalue weighted by molar-refractivity contribution is 6.28. The SMILES string of the molecule is CC(C)C1COC1CCCOC(=O)c1ccc(N2C(=O)C=CC2=O)cc1. The zero-order valence-corrected chi connectivity index (χ0v) is 15.0. The van der Waals surface area contributed by atoms with Crippen molar-refractivity contribution in [1.29, 1.82) is 0 Å². The summed E-state index contributed by atoms with van der Waals surface area (Å²) in [5.41, 5.74) is 0.823. The lowest BCUT2D eigenvalue weighted by Gasteiger charge is -2.39. The number of nitrogens with zero attached hydrogens (tertiary/aromatic N) is 1. The molecule has 1 aromatic rings. The minimum absolute atomic E-state index is 0.275. The number of esters is 1. The summed E-state index contributed by atoms with van der Waals surface area (Å²) >= 11 is 0. The summed E-state index contributed by atoms with van der Waals surface area (Å²) in [6.45, 7) is 5.57. The molecular formula is C20H23NO5. The van der Waals surface area contributed by atoms with E-state index >= 15 is 0 Å². The zero-order valence-electron chi connectivity index (χ0n) is 15.0. The van der Waals surface area contributed by atoms with E-state index in [-0.39, 0.29) is 17.9 Å². The van der Waals surface area contributed by atoms with Gasteiger partial charge in [-0.05, 0) is 43.0 Å². The Morgan fingerprint density at radius 2 is 1.85 bits per heavy atom. The van der Waals surface area contributed by atoms with Crippen molar-refractivity contribution < 1.29 is 23.9 Å². The van der Waals surface area contributed by atoms with E-state index in [0.717, 1.165) is 24.3 Å². The van der Waals surface area contributed by atoms with Crippen LogP contribution in [0.4, 0.5) is 5.69 Å². The number of carbonyl (C=O) groups excluding carboxylic acids is 3. The van der Waals surface area contributed by atoms with Crippen molar-refractivity contribution in [3.05, 3.63) is 42.0 Å². The smallest absolute Gasteiger partial charge is 0.338 e. The highest BCUT2D eigenvalue weighted by Crippen LogP contribution is 2.30. The van der Waals surface area contributed by atoms with Crippen LogP contribution in [0.3, 0.4) is 0 Å². The predicted molar refractivity (Wildman–Crippen MR) is 95.7 cm³/mol. The number of ether oxygens (including phenoxy) is 2. The molecule has 6 nitrogen and oxygen atoms in total. The fraction of sp³-hybridized carbons (Fsp3) is 0.450. The van der Waals surface area contributed by atoms with Crippen LogP contribution in [0, 0.1) is 11.8 Å². The first-order chi connectivity index (χ1) is 12.5. The van der Waals surface area contributed by atoms with Crippen LogP contribution in [0.1, 0.15) is 37.0 Å². The summed E-state index contributed by atoms with van der Waals surface area (Å²) < 4.78 is 10.9. The molecule has 3 rings (SSSR count). The highest BCUT2D eigenvalue weighted by Gasteiger charge is 2.33. The second-order valence-electron chi connectivity index (χ2n) is 6.95. The Kier molecular flexibility index (Phi) is 5.52. The van der Waals surface area contributed by atoms with E-state index in [1.54, 1.807) is 24.3 Å². The monoisotopic (exact) mass is 357 g/mol. The Morgan fingerprint density at radius 3 is 2.38 bits per heavy atom. The minimum atomic E-state index is -0.413. The van der Waals surface area contributed by atoms with Crippen LogP contribution < -0.4 is 4.90 Å². The number of amides is 2. The van der Waals surface area contributed by atoms with Crippen LogP contribution in [-0.2, 0) is 19.1 Å². The molecule has 0 bridgehead atoms. The molecule has 0 aliphatic carbocycles. The maximum Gasteiger partial charge on any atom is 0.338 e. The van der Waals surface area contributed by atoms with Gasteiger partial charge in [0.1, 0.15) is 0 Å². The number of hydrogen-bond donors (Lipinski definition) is 0. The van der Waals surface area contributed by atoms with Gasteiger partial charge in [0.25, 0.3) is 11.8 Å². The molecule has 6 heteroatoms. The number of rotatable bonds is 7. The molecule has 2 aliphatic heterocycles. The van der Waals surface area contributed by atoms with Crippen molar-refractivity contribution in [1.82, 2.24) is 0 Å². The van der Waals surface area contributed by atoms with Crippen molar-refractivity contribution in [2.24, 2.45) is 11.8 Å². The van der Waals surface area contributed by atoms with E-state index in [1.807, 2.05) is 0 Å². The first kappa shape index (κ1) is 18.3. The van der Waals surface area contributed by atoms with Gasteiger partial charge in [0.05, 0.1) is 30.6 Å². The van der Waals surface area contributed by atoms with Gasteiger partial charge in [-0.3, -0.25) is 9.59 Å². The predicted octanol–water partition coefficient (Wildman–Crippen LogP) is 2.72. The topological polar surface area (TPSA) is 72.9 Å². The Bertz CT molecular complexity index is 704. The molecule has 26 heavy (non-hydrogen) atoms. The van der Waals surface area contributed by atoms with Crippen LogP contribution in [0.25, 0.3) is 0 Å². The molecule has 2 heterocycles. The van der Waals surface area contributed by atoms with Gasteiger partial charge in [-0.1, -0.05) is 13.8 Å². The van der Waals surface area contributed by atoms with Crippen molar-refractivity contribution >= 4 is 23.5 Å². The average Bonchev–Trinajstić information content (AvgIpc) is 2.91. The molecule has 0 aromatic heterocycles. The zero-order chi connectivity index (χ0) is 18.7. The molecule has 2 atom stereocenters. The molecular weight excluding hydrogens is 334 g/mol. The van der Waals surface area contributed by atoms with E-state index in [4.69, 9.17) is 9.47 Å². The normalized spacial score (nSPS) is 22.0. The molecule has 138 valence electrons. The van der Waals surface area contributed by atoms with Crippen LogP contribution >= 0.6 is 0 Å². The quantitative estimate of drug-likeness (QED) is 0.426. The maximum atomic E-state index is 12.1. The number of hydrogen-bond acceptors (Lipinski definition) is 5. The lowest BCUT2D eigenvalue weighted by Crippen LogP contribution is -2.42. The second kappa shape index (κ2) is 7.83. The van der Waals surface area contributed by atoms with Gasteiger partial charge < -0.3 is 9.47 Å². The number of benzene rings is 1. The Morgan fingerprint density at radius 1 is 1.19 bits per heavy atom. The fourth-order valence-corrected chi connectivity index (χ4v) is 3.20. The lowest BCUT2D eigenvalue weighted by atomic mass is 9.85. The van der Waals surface area contributed by atoms with Gasteiger partial charge >= 0.3 is 5.97 Å². The number of anilines is 1. The molecule has 2 unspecified atom stereocenters. The van der Waals surface area contributed by atoms with Gasteiger partial charge in [0, 0.05) is 18.1 Å². The van der Waals surface area contributed by atoms with Crippen LogP contribution in [0.15, 0.2) is 36.4 Å². The summed E-state index contributed by atoms with van der Waals surface area (Å²) in [6, 6.07) is 6.24. The van der Waals surface area contributed by atoms with Crippen molar-refractivity contribution in [2.45, 2.75) is 32.8 Å². The molecule has 0 N–H and O–H groups in total. The van der Waals surface area contributed by atoms with Crippen molar-refractivity contribution in [3.8, 4) is 0 Å². The largest absolute Gasteiger partial charge is 0.462 e.